The zero-order valence-electron chi connectivity index (χ0n) is 8.91. The smallest absolute Gasteiger partial charge is 0.323 e. The van der Waals surface area contributed by atoms with E-state index in [-0.39, 0.29) is 12.0 Å². The lowest BCUT2D eigenvalue weighted by Crippen LogP contribution is -2.49. The van der Waals surface area contributed by atoms with Crippen LogP contribution < -0.4 is 5.32 Å². The van der Waals surface area contributed by atoms with Gasteiger partial charge in [0, 0.05) is 11.4 Å². The summed E-state index contributed by atoms with van der Waals surface area (Å²) in [6, 6.07) is 7.48. The second kappa shape index (κ2) is 5.32. The summed E-state index contributed by atoms with van der Waals surface area (Å²) < 4.78 is 5.15. The first-order valence-corrected chi connectivity index (χ1v) is 5.78. The quantitative estimate of drug-likeness (QED) is 0.815. The Labute approximate surface area is 99.7 Å². The van der Waals surface area contributed by atoms with Crippen molar-refractivity contribution in [3.8, 4) is 0 Å². The van der Waals surface area contributed by atoms with E-state index < -0.39 is 0 Å². The summed E-state index contributed by atoms with van der Waals surface area (Å²) in [4.78, 5) is 11.4. The minimum absolute atomic E-state index is 0.0785. The van der Waals surface area contributed by atoms with E-state index in [9.17, 15) is 4.79 Å². The molecule has 3 nitrogen and oxygen atoms in total. The largest absolute Gasteiger partial charge is 0.464 e. The van der Waals surface area contributed by atoms with E-state index in [1.165, 1.54) is 0 Å². The Hall–Kier alpha value is -1.06. The molecule has 16 heavy (non-hydrogen) atoms. The molecule has 1 atom stereocenters. The highest BCUT2D eigenvalue weighted by molar-refractivity contribution is 6.30. The molecule has 1 aromatic carbocycles. The Morgan fingerprint density at radius 3 is 2.69 bits per heavy atom. The van der Waals surface area contributed by atoms with Crippen LogP contribution in [0.4, 0.5) is 0 Å². The zero-order chi connectivity index (χ0) is 11.4. The average Bonchev–Trinajstić information content (AvgIpc) is 2.18. The number of ether oxygens (including phenoxy) is 1. The molecule has 1 unspecified atom stereocenters. The molecule has 0 radical (unpaired) electrons. The zero-order valence-corrected chi connectivity index (χ0v) is 9.67. The number of nitrogens with one attached hydrogen (secondary N) is 1. The number of halogens is 1. The standard InChI is InChI=1S/C12H14ClNO2/c13-10-3-1-9(2-4-10)6-8-16-12(15)11-5-7-14-11/h1-4,11,14H,5-8H2. The topological polar surface area (TPSA) is 38.3 Å². The molecule has 0 aliphatic carbocycles. The van der Waals surface area contributed by atoms with E-state index in [0.717, 1.165) is 30.0 Å². The monoisotopic (exact) mass is 239 g/mol. The van der Waals surface area contributed by atoms with Gasteiger partial charge < -0.3 is 10.1 Å². The van der Waals surface area contributed by atoms with Gasteiger partial charge in [-0.2, -0.15) is 0 Å². The number of carbonyl (C=O) groups is 1. The minimum Gasteiger partial charge on any atom is -0.464 e. The third kappa shape index (κ3) is 2.97. The Kier molecular flexibility index (Phi) is 3.80. The van der Waals surface area contributed by atoms with Crippen LogP contribution in [-0.2, 0) is 16.0 Å². The molecule has 1 saturated heterocycles. The summed E-state index contributed by atoms with van der Waals surface area (Å²) in [6.07, 6.45) is 1.62. The van der Waals surface area contributed by atoms with Gasteiger partial charge in [0.15, 0.2) is 0 Å². The molecule has 1 fully saturated rings. The van der Waals surface area contributed by atoms with Crippen molar-refractivity contribution in [2.24, 2.45) is 0 Å². The predicted octanol–water partition coefficient (Wildman–Crippen LogP) is 1.79. The van der Waals surface area contributed by atoms with Crippen molar-refractivity contribution in [2.45, 2.75) is 18.9 Å². The number of benzene rings is 1. The molecule has 1 aromatic rings. The van der Waals surface area contributed by atoms with Crippen LogP contribution in [0.25, 0.3) is 0 Å². The van der Waals surface area contributed by atoms with E-state index in [0.29, 0.717) is 6.61 Å². The van der Waals surface area contributed by atoms with E-state index in [1.54, 1.807) is 0 Å². The molecule has 0 amide bonds. The molecule has 1 heterocycles. The third-order valence-electron chi connectivity index (χ3n) is 2.66. The van der Waals surface area contributed by atoms with Crippen LogP contribution in [0.15, 0.2) is 24.3 Å². The van der Waals surface area contributed by atoms with Crippen molar-refractivity contribution < 1.29 is 9.53 Å². The van der Waals surface area contributed by atoms with Gasteiger partial charge in [0.25, 0.3) is 0 Å². The maximum absolute atomic E-state index is 11.4. The fraction of sp³-hybridized carbons (Fsp3) is 0.417. The van der Waals surface area contributed by atoms with Crippen molar-refractivity contribution in [1.29, 1.82) is 0 Å². The minimum atomic E-state index is -0.139. The SMILES string of the molecule is O=C(OCCc1ccc(Cl)cc1)C1CCN1. The van der Waals surface area contributed by atoms with Gasteiger partial charge in [0.2, 0.25) is 0 Å². The lowest BCUT2D eigenvalue weighted by molar-refractivity contribution is -0.147. The van der Waals surface area contributed by atoms with E-state index in [4.69, 9.17) is 16.3 Å². The molecule has 1 aliphatic heterocycles. The van der Waals surface area contributed by atoms with E-state index >= 15 is 0 Å². The van der Waals surface area contributed by atoms with Gasteiger partial charge in [-0.1, -0.05) is 23.7 Å². The second-order valence-electron chi connectivity index (χ2n) is 3.84. The van der Waals surface area contributed by atoms with Crippen LogP contribution in [0.3, 0.4) is 0 Å². The molecule has 0 saturated carbocycles. The van der Waals surface area contributed by atoms with Gasteiger partial charge in [-0.15, -0.1) is 0 Å². The fourth-order valence-electron chi connectivity index (χ4n) is 1.51. The summed E-state index contributed by atoms with van der Waals surface area (Å²) in [6.45, 7) is 1.34. The average molecular weight is 240 g/mol. The van der Waals surface area contributed by atoms with Crippen molar-refractivity contribution in [3.63, 3.8) is 0 Å². The molecule has 0 bridgehead atoms. The molecule has 0 spiro atoms. The van der Waals surface area contributed by atoms with Crippen molar-refractivity contribution in [3.05, 3.63) is 34.9 Å². The fourth-order valence-corrected chi connectivity index (χ4v) is 1.64. The van der Waals surface area contributed by atoms with Crippen molar-refractivity contribution in [2.75, 3.05) is 13.2 Å². The number of rotatable bonds is 4. The number of carbonyl (C=O) groups excluding carboxylic acids is 1. The summed E-state index contributed by atoms with van der Waals surface area (Å²) in [5, 5.41) is 3.73. The van der Waals surface area contributed by atoms with Crippen LogP contribution in [-0.4, -0.2) is 25.2 Å². The van der Waals surface area contributed by atoms with Crippen LogP contribution >= 0.6 is 11.6 Å². The lowest BCUT2D eigenvalue weighted by Gasteiger charge is -2.25. The molecular formula is C12H14ClNO2. The highest BCUT2D eigenvalue weighted by atomic mass is 35.5. The van der Waals surface area contributed by atoms with Crippen LogP contribution in [0.5, 0.6) is 0 Å². The highest BCUT2D eigenvalue weighted by Crippen LogP contribution is 2.10. The van der Waals surface area contributed by atoms with Crippen LogP contribution in [0.2, 0.25) is 5.02 Å². The predicted molar refractivity (Wildman–Crippen MR) is 62.5 cm³/mol. The summed E-state index contributed by atoms with van der Waals surface area (Å²) in [5.74, 6) is -0.139. The maximum atomic E-state index is 11.4. The van der Waals surface area contributed by atoms with Crippen molar-refractivity contribution >= 4 is 17.6 Å². The van der Waals surface area contributed by atoms with E-state index in [2.05, 4.69) is 5.32 Å². The van der Waals surface area contributed by atoms with Crippen LogP contribution in [0.1, 0.15) is 12.0 Å². The Morgan fingerprint density at radius 1 is 1.44 bits per heavy atom. The van der Waals surface area contributed by atoms with Gasteiger partial charge in [-0.3, -0.25) is 4.79 Å². The lowest BCUT2D eigenvalue weighted by atomic mass is 10.1. The number of hydrogen-bond donors (Lipinski definition) is 1. The Balaban J connectivity index is 1.71. The second-order valence-corrected chi connectivity index (χ2v) is 4.28. The number of hydrogen-bond acceptors (Lipinski definition) is 3. The van der Waals surface area contributed by atoms with E-state index in [1.807, 2.05) is 24.3 Å². The molecule has 1 aliphatic rings. The van der Waals surface area contributed by atoms with Crippen LogP contribution in [0, 0.1) is 0 Å². The van der Waals surface area contributed by atoms with Gasteiger partial charge in [0.1, 0.15) is 6.04 Å². The Bertz CT molecular complexity index is 360. The summed E-state index contributed by atoms with van der Waals surface area (Å²) >= 11 is 5.77. The van der Waals surface area contributed by atoms with Gasteiger partial charge in [-0.05, 0) is 30.7 Å². The third-order valence-corrected chi connectivity index (χ3v) is 2.91. The molecule has 86 valence electrons. The molecule has 0 aromatic heterocycles. The Morgan fingerprint density at radius 2 is 2.12 bits per heavy atom. The molecule has 1 N–H and O–H groups in total. The first-order valence-electron chi connectivity index (χ1n) is 5.40. The molecular weight excluding hydrogens is 226 g/mol. The first-order chi connectivity index (χ1) is 7.75. The highest BCUT2D eigenvalue weighted by Gasteiger charge is 2.25. The summed E-state index contributed by atoms with van der Waals surface area (Å²) in [7, 11) is 0. The van der Waals surface area contributed by atoms with Crippen molar-refractivity contribution in [1.82, 2.24) is 5.32 Å². The molecule has 4 heteroatoms. The van der Waals surface area contributed by atoms with Gasteiger partial charge in [-0.25, -0.2) is 0 Å². The molecule has 2 rings (SSSR count). The van der Waals surface area contributed by atoms with Gasteiger partial charge in [0.05, 0.1) is 6.61 Å². The normalized spacial score (nSPS) is 18.9. The summed E-state index contributed by atoms with van der Waals surface area (Å²) in [5.41, 5.74) is 1.12. The maximum Gasteiger partial charge on any atom is 0.323 e. The van der Waals surface area contributed by atoms with Gasteiger partial charge >= 0.3 is 5.97 Å². The first kappa shape index (κ1) is 11.4. The number of esters is 1.